The number of rotatable bonds is 9. The van der Waals surface area contributed by atoms with E-state index in [1.165, 1.54) is 5.56 Å². The Morgan fingerprint density at radius 2 is 1.22 bits per heavy atom. The van der Waals surface area contributed by atoms with E-state index in [4.69, 9.17) is 9.97 Å². The van der Waals surface area contributed by atoms with Gasteiger partial charge in [0.2, 0.25) is 5.82 Å². The van der Waals surface area contributed by atoms with Crippen molar-refractivity contribution in [1.82, 2.24) is 30.0 Å². The summed E-state index contributed by atoms with van der Waals surface area (Å²) in [7, 11) is 0. The monoisotopic (exact) mass is 666 g/mol. The fourth-order valence-electron chi connectivity index (χ4n) is 7.18. The molecule has 51 heavy (non-hydrogen) atoms. The third kappa shape index (κ3) is 5.66. The molecule has 7 nitrogen and oxygen atoms in total. The van der Waals surface area contributed by atoms with E-state index >= 15 is 0 Å². The van der Waals surface area contributed by atoms with Gasteiger partial charge >= 0.3 is 0 Å². The lowest BCUT2D eigenvalue weighted by Crippen LogP contribution is -2.38. The maximum atomic E-state index is 13.7. The number of fused-ring (bicyclic) bond motifs is 2. The Balaban J connectivity index is 1.34. The van der Waals surface area contributed by atoms with E-state index < -0.39 is 5.54 Å². The molecule has 3 heterocycles. The zero-order chi connectivity index (χ0) is 35.0. The average Bonchev–Trinajstić information content (AvgIpc) is 3.77. The molecule has 0 fully saturated rings. The Bertz CT molecular complexity index is 2360. The first-order valence-electron chi connectivity index (χ1n) is 17.3. The molecule has 8 aromatic rings. The van der Waals surface area contributed by atoms with Gasteiger partial charge in [-0.1, -0.05) is 129 Å². The zero-order valence-electron chi connectivity index (χ0n) is 28.8. The summed E-state index contributed by atoms with van der Waals surface area (Å²) >= 11 is 0. The van der Waals surface area contributed by atoms with Crippen LogP contribution in [0.2, 0.25) is 0 Å². The number of carbonyl (C=O) groups is 1. The minimum absolute atomic E-state index is 0.144. The van der Waals surface area contributed by atoms with E-state index in [9.17, 15) is 4.79 Å². The third-order valence-corrected chi connectivity index (χ3v) is 9.79. The third-order valence-electron chi connectivity index (χ3n) is 9.79. The molecule has 0 aliphatic carbocycles. The number of aromatic amines is 1. The molecule has 1 unspecified atom stereocenters. The standard InChI is InChI=1S/C44H38N6O/c1-29(2)32-14-13-15-33(26-32)30(3)46-43(51)42-47-38-27-37-40(28-39(38)48-42)50(49-41(37)31-22-24-45-25-23-31)44(34-16-7-4-8-17-34,35-18-9-5-10-19-35)36-20-11-6-12-21-36/h4-30,49H,1-3H3,(H,46,51). The number of carbonyl (C=O) groups excluding carboxylic acids is 1. The Hall–Kier alpha value is -6.34. The molecule has 0 saturated carbocycles. The maximum absolute atomic E-state index is 13.7. The van der Waals surface area contributed by atoms with Crippen LogP contribution in [0.3, 0.4) is 0 Å². The number of hydrogen-bond acceptors (Lipinski definition) is 4. The van der Waals surface area contributed by atoms with Crippen molar-refractivity contribution in [2.45, 2.75) is 38.3 Å². The average molecular weight is 667 g/mol. The fourth-order valence-corrected chi connectivity index (χ4v) is 7.18. The first kappa shape index (κ1) is 31.9. The number of amides is 1. The van der Waals surface area contributed by atoms with Crippen LogP contribution in [0.4, 0.5) is 0 Å². The second-order valence-electron chi connectivity index (χ2n) is 13.3. The fraction of sp³-hybridized carbons (Fsp3) is 0.136. The van der Waals surface area contributed by atoms with E-state index in [0.717, 1.165) is 44.4 Å². The number of benzene rings is 5. The van der Waals surface area contributed by atoms with Gasteiger partial charge in [-0.3, -0.25) is 19.6 Å². The summed E-state index contributed by atoms with van der Waals surface area (Å²) in [4.78, 5) is 27.6. The van der Waals surface area contributed by atoms with Crippen molar-refractivity contribution in [1.29, 1.82) is 0 Å². The molecule has 7 heteroatoms. The number of aromatic nitrogens is 5. The molecule has 0 radical (unpaired) electrons. The molecule has 0 aliphatic heterocycles. The molecular weight excluding hydrogens is 629 g/mol. The van der Waals surface area contributed by atoms with Gasteiger partial charge < -0.3 is 5.32 Å². The van der Waals surface area contributed by atoms with Crippen molar-refractivity contribution < 1.29 is 4.79 Å². The normalized spacial score (nSPS) is 12.4. The van der Waals surface area contributed by atoms with Crippen LogP contribution in [0.15, 0.2) is 152 Å². The maximum Gasteiger partial charge on any atom is 0.289 e. The van der Waals surface area contributed by atoms with Crippen LogP contribution < -0.4 is 5.32 Å². The van der Waals surface area contributed by atoms with Crippen molar-refractivity contribution >= 4 is 27.8 Å². The van der Waals surface area contributed by atoms with Gasteiger partial charge in [0.05, 0.1) is 28.3 Å². The lowest BCUT2D eigenvalue weighted by molar-refractivity contribution is 0.0930. The van der Waals surface area contributed by atoms with E-state index in [1.807, 2.05) is 55.5 Å². The number of imidazole rings is 1. The van der Waals surface area contributed by atoms with Gasteiger partial charge in [-0.2, -0.15) is 0 Å². The summed E-state index contributed by atoms with van der Waals surface area (Å²) in [5.74, 6) is 0.228. The van der Waals surface area contributed by atoms with Crippen LogP contribution >= 0.6 is 0 Å². The Morgan fingerprint density at radius 1 is 0.667 bits per heavy atom. The molecule has 2 N–H and O–H groups in total. The topological polar surface area (TPSA) is 88.5 Å². The largest absolute Gasteiger partial charge is 0.343 e. The molecule has 8 rings (SSSR count). The summed E-state index contributed by atoms with van der Waals surface area (Å²) in [5, 5.41) is 7.94. The summed E-state index contributed by atoms with van der Waals surface area (Å²) in [6.45, 7) is 6.33. The second kappa shape index (κ2) is 13.2. The van der Waals surface area contributed by atoms with Gasteiger partial charge in [0.25, 0.3) is 5.91 Å². The second-order valence-corrected chi connectivity index (χ2v) is 13.3. The van der Waals surface area contributed by atoms with Crippen molar-refractivity contribution in [2.75, 3.05) is 0 Å². The molecule has 1 amide bonds. The number of hydrogen-bond donors (Lipinski definition) is 2. The summed E-state index contributed by atoms with van der Waals surface area (Å²) < 4.78 is 2.25. The van der Waals surface area contributed by atoms with Crippen LogP contribution in [-0.4, -0.2) is 30.6 Å². The lowest BCUT2D eigenvalue weighted by atomic mass is 9.77. The summed E-state index contributed by atoms with van der Waals surface area (Å²) in [6.07, 6.45) is 3.60. The highest BCUT2D eigenvalue weighted by molar-refractivity contribution is 6.03. The Kier molecular flexibility index (Phi) is 8.24. The van der Waals surface area contributed by atoms with Gasteiger partial charge in [0, 0.05) is 23.3 Å². The van der Waals surface area contributed by atoms with E-state index in [-0.39, 0.29) is 17.8 Å². The molecule has 0 aliphatic rings. The van der Waals surface area contributed by atoms with Crippen LogP contribution in [0.1, 0.15) is 71.2 Å². The number of H-pyrrole nitrogens is 1. The predicted octanol–water partition coefficient (Wildman–Crippen LogP) is 9.43. The molecule has 0 spiro atoms. The van der Waals surface area contributed by atoms with Crippen LogP contribution in [0.5, 0.6) is 0 Å². The first-order chi connectivity index (χ1) is 24.9. The zero-order valence-corrected chi connectivity index (χ0v) is 28.8. The van der Waals surface area contributed by atoms with Gasteiger partial charge in [0.1, 0.15) is 5.54 Å². The van der Waals surface area contributed by atoms with E-state index in [2.05, 4.69) is 125 Å². The van der Waals surface area contributed by atoms with Crippen molar-refractivity contribution in [3.63, 3.8) is 0 Å². The Labute approximate surface area is 297 Å². The highest BCUT2D eigenvalue weighted by atomic mass is 16.2. The number of nitrogens with zero attached hydrogens (tertiary/aromatic N) is 4. The molecular formula is C44H38N6O. The van der Waals surface area contributed by atoms with Crippen molar-refractivity contribution in [3.8, 4) is 11.3 Å². The van der Waals surface area contributed by atoms with Gasteiger partial charge in [-0.25, -0.2) is 9.97 Å². The quantitative estimate of drug-likeness (QED) is 0.150. The molecule has 0 bridgehead atoms. The number of nitrogens with one attached hydrogen (secondary N) is 2. The van der Waals surface area contributed by atoms with E-state index in [1.54, 1.807) is 12.4 Å². The molecule has 3 aromatic heterocycles. The minimum atomic E-state index is -0.804. The van der Waals surface area contributed by atoms with Crippen LogP contribution in [0.25, 0.3) is 33.2 Å². The summed E-state index contributed by atoms with van der Waals surface area (Å²) in [5.41, 5.74) is 8.81. The Morgan fingerprint density at radius 3 is 1.78 bits per heavy atom. The molecule has 5 aromatic carbocycles. The molecule has 250 valence electrons. The van der Waals surface area contributed by atoms with Gasteiger partial charge in [-0.05, 0) is 64.9 Å². The van der Waals surface area contributed by atoms with Crippen molar-refractivity contribution in [2.24, 2.45) is 0 Å². The molecule has 1 atom stereocenters. The van der Waals surface area contributed by atoms with Crippen molar-refractivity contribution in [3.05, 3.63) is 186 Å². The van der Waals surface area contributed by atoms with Gasteiger partial charge in [0.15, 0.2) is 0 Å². The smallest absolute Gasteiger partial charge is 0.289 e. The van der Waals surface area contributed by atoms with Gasteiger partial charge in [-0.15, -0.1) is 0 Å². The van der Waals surface area contributed by atoms with Crippen LogP contribution in [0, 0.1) is 0 Å². The van der Waals surface area contributed by atoms with E-state index in [0.29, 0.717) is 17.0 Å². The highest BCUT2D eigenvalue weighted by Crippen LogP contribution is 2.44. The summed E-state index contributed by atoms with van der Waals surface area (Å²) in [6, 6.07) is 47.9. The predicted molar refractivity (Wildman–Crippen MR) is 204 cm³/mol. The SMILES string of the molecule is CC(C)c1cccc(C(C)NC(=O)c2nc3cc4c(-c5ccncc5)[nH]n(C(c5ccccc5)(c5ccccc5)c5ccccc5)c4cc3n2)c1. The first-order valence-corrected chi connectivity index (χ1v) is 17.3. The molecule has 0 saturated heterocycles. The minimum Gasteiger partial charge on any atom is -0.343 e. The number of pyridine rings is 1. The highest BCUT2D eigenvalue weighted by Gasteiger charge is 2.40. The lowest BCUT2D eigenvalue weighted by Gasteiger charge is -2.37. The van der Waals surface area contributed by atoms with Crippen LogP contribution in [-0.2, 0) is 5.54 Å².